The van der Waals surface area contributed by atoms with Gasteiger partial charge in [0.05, 0.1) is 6.54 Å². The first-order valence-electron chi connectivity index (χ1n) is 9.90. The summed E-state index contributed by atoms with van der Waals surface area (Å²) < 4.78 is 12.9. The van der Waals surface area contributed by atoms with Crippen LogP contribution in [0, 0.1) is 5.82 Å². The first-order chi connectivity index (χ1) is 14.1. The number of hydrogen-bond acceptors (Lipinski definition) is 3. The van der Waals surface area contributed by atoms with Crippen LogP contribution in [0.3, 0.4) is 0 Å². The van der Waals surface area contributed by atoms with Crippen LogP contribution >= 0.6 is 11.8 Å². The van der Waals surface area contributed by atoms with Crippen LogP contribution in [-0.2, 0) is 6.54 Å². The largest absolute Gasteiger partial charge is 0.357 e. The van der Waals surface area contributed by atoms with Gasteiger partial charge in [0, 0.05) is 30.1 Å². The molecule has 0 aromatic heterocycles. The molecule has 0 saturated carbocycles. The topological polar surface area (TPSA) is 65.5 Å². The van der Waals surface area contributed by atoms with Crippen molar-refractivity contribution in [1.29, 1.82) is 0 Å². The molecule has 0 radical (unpaired) electrons. The molecule has 0 fully saturated rings. The van der Waals surface area contributed by atoms with Gasteiger partial charge in [0.25, 0.3) is 5.91 Å². The average Bonchev–Trinajstić information content (AvgIpc) is 2.73. The number of carbonyl (C=O) groups is 1. The van der Waals surface area contributed by atoms with E-state index >= 15 is 0 Å². The molecular weight excluding hydrogens is 387 g/mol. The normalized spacial score (nSPS) is 11.2. The Morgan fingerprint density at radius 1 is 0.966 bits per heavy atom. The number of nitrogens with zero attached hydrogens (tertiary/aromatic N) is 1. The van der Waals surface area contributed by atoms with E-state index < -0.39 is 0 Å². The highest BCUT2D eigenvalue weighted by Gasteiger charge is 2.04. The summed E-state index contributed by atoms with van der Waals surface area (Å²) in [6.45, 7) is 6.67. The predicted molar refractivity (Wildman–Crippen MR) is 119 cm³/mol. The van der Waals surface area contributed by atoms with Gasteiger partial charge in [-0.2, -0.15) is 0 Å². The minimum Gasteiger partial charge on any atom is -0.357 e. The van der Waals surface area contributed by atoms with Gasteiger partial charge in [-0.3, -0.25) is 4.79 Å². The molecular formula is C22H29FN4OS. The number of aliphatic imine (C=N–C) groups is 1. The van der Waals surface area contributed by atoms with Crippen LogP contribution in [0.15, 0.2) is 58.4 Å². The number of halogens is 1. The van der Waals surface area contributed by atoms with Crippen LogP contribution in [0.5, 0.6) is 0 Å². The van der Waals surface area contributed by atoms with E-state index in [9.17, 15) is 9.18 Å². The molecule has 0 bridgehead atoms. The zero-order chi connectivity index (χ0) is 20.9. The van der Waals surface area contributed by atoms with Crippen molar-refractivity contribution in [3.05, 3.63) is 65.5 Å². The summed E-state index contributed by atoms with van der Waals surface area (Å²) >= 11 is 1.71. The smallest absolute Gasteiger partial charge is 0.251 e. The van der Waals surface area contributed by atoms with Crippen molar-refractivity contribution >= 4 is 23.6 Å². The summed E-state index contributed by atoms with van der Waals surface area (Å²) in [7, 11) is 0. The van der Waals surface area contributed by atoms with Crippen molar-refractivity contribution in [3.8, 4) is 0 Å². The lowest BCUT2D eigenvalue weighted by molar-refractivity contribution is 0.0956. The number of amides is 1. The third-order valence-electron chi connectivity index (χ3n) is 4.01. The Kier molecular flexibility index (Phi) is 10.1. The first-order valence-corrected chi connectivity index (χ1v) is 10.9. The molecule has 0 atom stereocenters. The molecule has 5 nitrogen and oxygen atoms in total. The van der Waals surface area contributed by atoms with Crippen LogP contribution in [-0.4, -0.2) is 37.3 Å². The molecule has 1 amide bonds. The maximum Gasteiger partial charge on any atom is 0.251 e. The molecule has 7 heteroatoms. The minimum atomic E-state index is -0.207. The van der Waals surface area contributed by atoms with Gasteiger partial charge in [-0.1, -0.05) is 12.1 Å². The Balaban J connectivity index is 1.76. The number of benzene rings is 2. The van der Waals surface area contributed by atoms with Gasteiger partial charge in [-0.15, -0.1) is 11.8 Å². The summed E-state index contributed by atoms with van der Waals surface area (Å²) in [5.74, 6) is 1.45. The fourth-order valence-electron chi connectivity index (χ4n) is 2.54. The van der Waals surface area contributed by atoms with E-state index in [-0.39, 0.29) is 11.7 Å². The van der Waals surface area contributed by atoms with Crippen LogP contribution in [0.25, 0.3) is 0 Å². The number of guanidine groups is 1. The summed E-state index contributed by atoms with van der Waals surface area (Å²) in [6.07, 6.45) is 0.966. The second-order valence-corrected chi connectivity index (χ2v) is 7.50. The third-order valence-corrected chi connectivity index (χ3v) is 5.11. The van der Waals surface area contributed by atoms with Crippen LogP contribution < -0.4 is 16.0 Å². The fourth-order valence-corrected chi connectivity index (χ4v) is 3.39. The minimum absolute atomic E-state index is 0.0592. The maximum atomic E-state index is 12.9. The first kappa shape index (κ1) is 22.7. The lowest BCUT2D eigenvalue weighted by atomic mass is 10.1. The summed E-state index contributed by atoms with van der Waals surface area (Å²) in [4.78, 5) is 17.5. The molecule has 29 heavy (non-hydrogen) atoms. The highest BCUT2D eigenvalue weighted by atomic mass is 32.2. The Bertz CT molecular complexity index is 778. The van der Waals surface area contributed by atoms with Crippen molar-refractivity contribution in [3.63, 3.8) is 0 Å². The monoisotopic (exact) mass is 416 g/mol. The second-order valence-electron chi connectivity index (χ2n) is 6.33. The van der Waals surface area contributed by atoms with Crippen LogP contribution in [0.4, 0.5) is 4.39 Å². The Labute approximate surface area is 176 Å². The Hall–Kier alpha value is -2.54. The molecule has 0 aliphatic rings. The molecule has 0 aliphatic heterocycles. The lowest BCUT2D eigenvalue weighted by Gasteiger charge is -2.11. The maximum absolute atomic E-state index is 12.9. The molecule has 0 heterocycles. The fraction of sp³-hybridized carbons (Fsp3) is 0.364. The van der Waals surface area contributed by atoms with Crippen LogP contribution in [0.2, 0.25) is 0 Å². The van der Waals surface area contributed by atoms with E-state index in [4.69, 9.17) is 0 Å². The molecule has 3 N–H and O–H groups in total. The summed E-state index contributed by atoms with van der Waals surface area (Å²) in [5.41, 5.74) is 1.70. The van der Waals surface area contributed by atoms with Gasteiger partial charge in [0.1, 0.15) is 5.82 Å². The highest BCUT2D eigenvalue weighted by Crippen LogP contribution is 2.18. The zero-order valence-electron chi connectivity index (χ0n) is 17.0. The van der Waals surface area contributed by atoms with Crippen molar-refractivity contribution in [2.24, 2.45) is 4.99 Å². The van der Waals surface area contributed by atoms with Gasteiger partial charge in [0.2, 0.25) is 0 Å². The van der Waals surface area contributed by atoms with E-state index in [1.165, 1.54) is 12.1 Å². The van der Waals surface area contributed by atoms with Crippen molar-refractivity contribution in [2.75, 3.05) is 25.4 Å². The van der Waals surface area contributed by atoms with Crippen molar-refractivity contribution in [2.45, 2.75) is 31.7 Å². The van der Waals surface area contributed by atoms with E-state index in [1.54, 1.807) is 23.9 Å². The van der Waals surface area contributed by atoms with Gasteiger partial charge in [-0.05, 0) is 68.0 Å². The zero-order valence-corrected chi connectivity index (χ0v) is 17.8. The Morgan fingerprint density at radius 2 is 1.66 bits per heavy atom. The van der Waals surface area contributed by atoms with Crippen LogP contribution in [0.1, 0.15) is 36.2 Å². The number of nitrogens with one attached hydrogen (secondary N) is 3. The molecule has 0 unspecified atom stereocenters. The second kappa shape index (κ2) is 12.8. The van der Waals surface area contributed by atoms with Gasteiger partial charge < -0.3 is 16.0 Å². The standard InChI is InChI=1S/C22H29FN4OS/c1-3-24-21(28)18-8-6-17(7-9-18)16-27-22(25-4-2)26-14-5-15-29-20-12-10-19(23)11-13-20/h6-13H,3-5,14-16H2,1-2H3,(H,24,28)(H2,25,26,27). The van der Waals surface area contributed by atoms with Crippen molar-refractivity contribution < 1.29 is 9.18 Å². The van der Waals surface area contributed by atoms with E-state index in [2.05, 4.69) is 20.9 Å². The van der Waals surface area contributed by atoms with E-state index in [0.29, 0.717) is 18.7 Å². The lowest BCUT2D eigenvalue weighted by Crippen LogP contribution is -2.37. The SMILES string of the molecule is CCNC(=O)c1ccc(CN=C(NCC)NCCCSc2ccc(F)cc2)cc1. The number of thioether (sulfide) groups is 1. The number of hydrogen-bond donors (Lipinski definition) is 3. The van der Waals surface area contributed by atoms with Gasteiger partial charge in [0.15, 0.2) is 5.96 Å². The molecule has 2 aromatic rings. The average molecular weight is 417 g/mol. The Morgan fingerprint density at radius 3 is 2.31 bits per heavy atom. The molecule has 0 spiro atoms. The molecule has 0 saturated heterocycles. The predicted octanol–water partition coefficient (Wildman–Crippen LogP) is 3.81. The molecule has 2 rings (SSSR count). The molecule has 156 valence electrons. The van der Waals surface area contributed by atoms with E-state index in [1.807, 2.05) is 38.1 Å². The van der Waals surface area contributed by atoms with Gasteiger partial charge in [-0.25, -0.2) is 9.38 Å². The molecule has 2 aromatic carbocycles. The quantitative estimate of drug-likeness (QED) is 0.238. The summed E-state index contributed by atoms with van der Waals surface area (Å²) in [5, 5.41) is 9.36. The summed E-state index contributed by atoms with van der Waals surface area (Å²) in [6, 6.07) is 14.1. The number of carbonyl (C=O) groups excluding carboxylic acids is 1. The third kappa shape index (κ3) is 8.56. The van der Waals surface area contributed by atoms with Crippen molar-refractivity contribution in [1.82, 2.24) is 16.0 Å². The van der Waals surface area contributed by atoms with E-state index in [0.717, 1.165) is 41.7 Å². The highest BCUT2D eigenvalue weighted by molar-refractivity contribution is 7.99. The number of rotatable bonds is 10. The molecule has 0 aliphatic carbocycles. The van der Waals surface area contributed by atoms with Gasteiger partial charge >= 0.3 is 0 Å².